The molecule has 0 aliphatic heterocycles. The fraction of sp³-hybridized carbons (Fsp3) is 0.750. The van der Waals surface area contributed by atoms with Gasteiger partial charge in [0, 0.05) is 0 Å². The second kappa shape index (κ2) is 9.78. The summed E-state index contributed by atoms with van der Waals surface area (Å²) in [6.07, 6.45) is 9.17. The molecule has 0 unspecified atom stereocenters. The first-order valence-corrected chi connectivity index (χ1v) is 11.3. The van der Waals surface area contributed by atoms with Gasteiger partial charge in [-0.25, -0.2) is 8.78 Å². The Hall–Kier alpha value is -1.13. The van der Waals surface area contributed by atoms with E-state index in [1.54, 1.807) is 0 Å². The summed E-state index contributed by atoms with van der Waals surface area (Å²) < 4.78 is 65.9. The van der Waals surface area contributed by atoms with Crippen LogP contribution in [0.5, 0.6) is 0 Å². The van der Waals surface area contributed by atoms with Gasteiger partial charge in [-0.3, -0.25) is 0 Å². The standard InChI is InChI=1S/C24H33F5/c1-16-6-8-17(9-7-16)4-2-3-5-18-10-12-19(13-11-18)20-14-21(25)23(22(26)15-20)24(27,28)29/h14-19H,2-13H2,1H3. The molecule has 0 aromatic heterocycles. The molecule has 0 heterocycles. The maximum atomic E-state index is 13.9. The SMILES string of the molecule is CC1CCC(CCCCC2CCC(c3cc(F)c(C(F)(F)F)c(F)c3)CC2)CC1. The van der Waals surface area contributed by atoms with Crippen molar-refractivity contribution >= 4 is 0 Å². The van der Waals surface area contributed by atoms with Gasteiger partial charge in [0.2, 0.25) is 0 Å². The molecule has 0 bridgehead atoms. The van der Waals surface area contributed by atoms with Crippen LogP contribution in [0, 0.1) is 29.4 Å². The van der Waals surface area contributed by atoms with Crippen LogP contribution < -0.4 is 0 Å². The van der Waals surface area contributed by atoms with Crippen LogP contribution in [-0.4, -0.2) is 0 Å². The van der Waals surface area contributed by atoms with E-state index in [0.29, 0.717) is 11.5 Å². The minimum atomic E-state index is -5.00. The molecule has 2 fully saturated rings. The highest BCUT2D eigenvalue weighted by atomic mass is 19.4. The highest BCUT2D eigenvalue weighted by Crippen LogP contribution is 2.41. The highest BCUT2D eigenvalue weighted by Gasteiger charge is 2.38. The first kappa shape index (κ1) is 22.6. The van der Waals surface area contributed by atoms with Crippen LogP contribution in [-0.2, 0) is 6.18 Å². The van der Waals surface area contributed by atoms with Crippen molar-refractivity contribution in [1.29, 1.82) is 0 Å². The lowest BCUT2D eigenvalue weighted by molar-refractivity contribution is -0.142. The van der Waals surface area contributed by atoms with E-state index in [2.05, 4.69) is 6.92 Å². The van der Waals surface area contributed by atoms with Crippen LogP contribution in [0.4, 0.5) is 22.0 Å². The molecule has 0 spiro atoms. The predicted octanol–water partition coefficient (Wildman–Crippen LogP) is 8.64. The smallest absolute Gasteiger partial charge is 0.206 e. The van der Waals surface area contributed by atoms with Crippen LogP contribution in [0.2, 0.25) is 0 Å². The Labute approximate surface area is 171 Å². The number of hydrogen-bond acceptors (Lipinski definition) is 0. The third kappa shape index (κ3) is 6.18. The van der Waals surface area contributed by atoms with Gasteiger partial charge in [-0.05, 0) is 67.1 Å². The summed E-state index contributed by atoms with van der Waals surface area (Å²) in [6.45, 7) is 2.35. The molecule has 0 radical (unpaired) electrons. The zero-order chi connectivity index (χ0) is 21.0. The number of rotatable bonds is 6. The number of alkyl halides is 3. The second-order valence-corrected chi connectivity index (χ2v) is 9.49. The summed E-state index contributed by atoms with van der Waals surface area (Å²) in [7, 11) is 0. The molecule has 2 saturated carbocycles. The fourth-order valence-electron chi connectivity index (χ4n) is 5.37. The summed E-state index contributed by atoms with van der Waals surface area (Å²) in [5.41, 5.74) is -1.40. The van der Waals surface area contributed by atoms with E-state index in [-0.39, 0.29) is 5.92 Å². The monoisotopic (exact) mass is 416 g/mol. The number of hydrogen-bond donors (Lipinski definition) is 0. The average Bonchev–Trinajstić information content (AvgIpc) is 2.65. The molecule has 0 nitrogen and oxygen atoms in total. The molecule has 3 rings (SSSR count). The first-order chi connectivity index (χ1) is 13.7. The van der Waals surface area contributed by atoms with Crippen LogP contribution in [0.3, 0.4) is 0 Å². The topological polar surface area (TPSA) is 0 Å². The van der Waals surface area contributed by atoms with Gasteiger partial charge in [0.05, 0.1) is 0 Å². The zero-order valence-corrected chi connectivity index (χ0v) is 17.3. The Morgan fingerprint density at radius 1 is 0.759 bits per heavy atom. The van der Waals surface area contributed by atoms with Crippen LogP contribution in [0.1, 0.15) is 101 Å². The third-order valence-electron chi connectivity index (χ3n) is 7.28. The minimum absolute atomic E-state index is 0.0400. The summed E-state index contributed by atoms with van der Waals surface area (Å²) in [5.74, 6) is -0.582. The molecule has 5 heteroatoms. The van der Waals surface area contributed by atoms with Gasteiger partial charge in [0.25, 0.3) is 0 Å². The first-order valence-electron chi connectivity index (χ1n) is 11.3. The van der Waals surface area contributed by atoms with Crippen LogP contribution in [0.25, 0.3) is 0 Å². The van der Waals surface area contributed by atoms with E-state index < -0.39 is 23.4 Å². The van der Waals surface area contributed by atoms with E-state index in [1.165, 1.54) is 51.4 Å². The number of halogens is 5. The summed E-state index contributed by atoms with van der Waals surface area (Å²) >= 11 is 0. The van der Waals surface area contributed by atoms with Crippen molar-refractivity contribution in [3.05, 3.63) is 34.9 Å². The molecule has 1 aromatic carbocycles. The molecular formula is C24H33F5. The molecule has 2 aliphatic rings. The Balaban J connectivity index is 1.41. The van der Waals surface area contributed by atoms with Gasteiger partial charge in [0.1, 0.15) is 17.2 Å². The molecule has 1 aromatic rings. The van der Waals surface area contributed by atoms with Gasteiger partial charge >= 0.3 is 6.18 Å². The van der Waals surface area contributed by atoms with E-state index in [0.717, 1.165) is 49.7 Å². The third-order valence-corrected chi connectivity index (χ3v) is 7.28. The van der Waals surface area contributed by atoms with E-state index in [1.807, 2.05) is 0 Å². The van der Waals surface area contributed by atoms with Gasteiger partial charge in [-0.2, -0.15) is 13.2 Å². The average molecular weight is 417 g/mol. The number of benzene rings is 1. The lowest BCUT2D eigenvalue weighted by Gasteiger charge is -2.29. The molecule has 2 aliphatic carbocycles. The Morgan fingerprint density at radius 3 is 1.66 bits per heavy atom. The second-order valence-electron chi connectivity index (χ2n) is 9.49. The lowest BCUT2D eigenvalue weighted by atomic mass is 9.76. The van der Waals surface area contributed by atoms with Crippen molar-refractivity contribution in [2.45, 2.75) is 96.1 Å². The van der Waals surface area contributed by atoms with Gasteiger partial charge in [-0.15, -0.1) is 0 Å². The molecule has 164 valence electrons. The maximum absolute atomic E-state index is 13.9. The molecule has 0 N–H and O–H groups in total. The molecular weight excluding hydrogens is 383 g/mol. The predicted molar refractivity (Wildman–Crippen MR) is 106 cm³/mol. The lowest BCUT2D eigenvalue weighted by Crippen LogP contribution is -2.16. The summed E-state index contributed by atoms with van der Waals surface area (Å²) in [6, 6.07) is 1.78. The van der Waals surface area contributed by atoms with E-state index in [9.17, 15) is 22.0 Å². The Morgan fingerprint density at radius 2 is 1.21 bits per heavy atom. The molecule has 0 saturated heterocycles. The van der Waals surface area contributed by atoms with Crippen molar-refractivity contribution < 1.29 is 22.0 Å². The van der Waals surface area contributed by atoms with Gasteiger partial charge in [0.15, 0.2) is 0 Å². The van der Waals surface area contributed by atoms with Gasteiger partial charge in [-0.1, -0.05) is 58.3 Å². The zero-order valence-electron chi connectivity index (χ0n) is 17.3. The van der Waals surface area contributed by atoms with E-state index >= 15 is 0 Å². The van der Waals surface area contributed by atoms with E-state index in [4.69, 9.17) is 0 Å². The van der Waals surface area contributed by atoms with Crippen molar-refractivity contribution in [1.82, 2.24) is 0 Å². The van der Waals surface area contributed by atoms with Crippen molar-refractivity contribution in [3.63, 3.8) is 0 Å². The normalized spacial score (nSPS) is 28.5. The summed E-state index contributed by atoms with van der Waals surface area (Å²) in [4.78, 5) is 0. The van der Waals surface area contributed by atoms with Crippen molar-refractivity contribution in [2.24, 2.45) is 17.8 Å². The molecule has 0 amide bonds. The van der Waals surface area contributed by atoms with Crippen molar-refractivity contribution in [3.8, 4) is 0 Å². The molecule has 0 atom stereocenters. The minimum Gasteiger partial charge on any atom is -0.206 e. The molecule has 29 heavy (non-hydrogen) atoms. The van der Waals surface area contributed by atoms with Crippen LogP contribution in [0.15, 0.2) is 12.1 Å². The van der Waals surface area contributed by atoms with Crippen LogP contribution >= 0.6 is 0 Å². The quantitative estimate of drug-likeness (QED) is 0.321. The van der Waals surface area contributed by atoms with Crippen molar-refractivity contribution in [2.75, 3.05) is 0 Å². The Bertz CT molecular complexity index is 627. The Kier molecular flexibility index (Phi) is 7.61. The highest BCUT2D eigenvalue weighted by molar-refractivity contribution is 5.30. The number of unbranched alkanes of at least 4 members (excludes halogenated alkanes) is 1. The maximum Gasteiger partial charge on any atom is 0.422 e. The largest absolute Gasteiger partial charge is 0.422 e. The fourth-order valence-corrected chi connectivity index (χ4v) is 5.37. The summed E-state index contributed by atoms with van der Waals surface area (Å²) in [5, 5.41) is 0. The van der Waals surface area contributed by atoms with Gasteiger partial charge < -0.3 is 0 Å².